The molecule has 0 radical (unpaired) electrons. The Kier molecular flexibility index (Phi) is 41.4. The zero-order valence-corrected chi connectivity index (χ0v) is 57.5. The van der Waals surface area contributed by atoms with Crippen molar-refractivity contribution < 1.29 is 43.2 Å². The monoisotopic (exact) mass is 1430 g/mol. The molecule has 7 unspecified atom stereocenters. The minimum Gasteiger partial charge on any atom is -0.397 e. The number of hydrogen-bond acceptors (Lipinski definition) is 20. The summed E-state index contributed by atoms with van der Waals surface area (Å²) >= 11 is 4.89. The number of anilines is 1. The molecule has 1 aromatic carbocycles. The number of benzene rings is 1. The number of aliphatic imine (C=N–C) groups is 6. The average Bonchev–Trinajstić information content (AvgIpc) is 1.64. The van der Waals surface area contributed by atoms with Gasteiger partial charge >= 0.3 is 0 Å². The summed E-state index contributed by atoms with van der Waals surface area (Å²) in [7, 11) is 0. The number of nitrogen functional groups attached to an aromatic ring is 1. The van der Waals surface area contributed by atoms with Crippen LogP contribution in [0.3, 0.4) is 0 Å². The van der Waals surface area contributed by atoms with Crippen LogP contribution in [0.2, 0.25) is 0 Å². The lowest BCUT2D eigenvalue weighted by atomic mass is 10.0. The van der Waals surface area contributed by atoms with E-state index in [4.69, 9.17) is 98.4 Å². The van der Waals surface area contributed by atoms with Crippen LogP contribution in [-0.2, 0) is 62.1 Å². The second-order valence-electron chi connectivity index (χ2n) is 23.4. The van der Waals surface area contributed by atoms with Gasteiger partial charge in [0.1, 0.15) is 48.0 Å². The number of Topliss-reactive ketones (excluding diaryl/α,β-unsaturated/α-hetero) is 1. The number of fused-ring (bicyclic) bond motifs is 1. The van der Waals surface area contributed by atoms with Gasteiger partial charge in [0, 0.05) is 69.7 Å². The maximum absolute atomic E-state index is 14.7. The van der Waals surface area contributed by atoms with E-state index in [1.54, 1.807) is 29.0 Å². The highest BCUT2D eigenvalue weighted by atomic mass is 32.1. The molecule has 7 atom stereocenters. The molecule has 1 aromatic heterocycles. The third-order valence-electron chi connectivity index (χ3n) is 15.1. The van der Waals surface area contributed by atoms with Crippen LogP contribution in [0.4, 0.5) is 11.4 Å². The molecule has 558 valence electrons. The van der Waals surface area contributed by atoms with E-state index in [9.17, 15) is 43.2 Å². The van der Waals surface area contributed by atoms with Crippen molar-refractivity contribution in [2.45, 2.75) is 171 Å². The predicted molar refractivity (Wildman–Crippen MR) is 387 cm³/mol. The number of rotatable bonds is 53. The van der Waals surface area contributed by atoms with E-state index in [2.05, 4.69) is 76.9 Å². The Morgan fingerprint density at radius 1 is 0.410 bits per heavy atom. The zero-order valence-electron chi connectivity index (χ0n) is 56.7. The summed E-state index contributed by atoms with van der Waals surface area (Å²) in [6.45, 7) is 1.08. The van der Waals surface area contributed by atoms with Crippen molar-refractivity contribution in [1.82, 2.24) is 47.1 Å². The topological polar surface area (TPSA) is 732 Å². The fourth-order valence-electron chi connectivity index (χ4n) is 10.0. The van der Waals surface area contributed by atoms with Gasteiger partial charge in [0.25, 0.3) is 0 Å². The standard InChI is InChI=1S/C59H107N31O9S/c60-23-4-3-12-37(47(62)93)83-49(95)39(14-7-26-77-55(65)66)85-51(97)41(16-9-28-79-57(69)70)87-53(99)43(18-11-30-81-59(73)74)88-52(98)42(17-10-29-80-58(71)72)86-50(96)40(15-8-27-78-56(67)68)84-48(94)38(13-6-25-76-54(63)64)82-45(92)19-2-1-5-24-75-32-34(91)33-90-31-22-35-44(90)21-20-36(61)46(35)89-100/h20-22,31,37-43,75H,1-19,23-30,32-33,60-61H2,(H2,62,93)(H,82,92)(H,83,95)(H,84,94)(H,85,97)(H,86,96)(H,87,99)(H,88,98)(H4,63,64,76)(H4,65,66,77)(H4,67,68,78)(H4,69,70,79)(H4,71,72,80)(H4,73,74,81). The number of amides is 8. The van der Waals surface area contributed by atoms with Gasteiger partial charge in [0.05, 0.1) is 24.3 Å². The Hall–Kier alpha value is -10.5. The van der Waals surface area contributed by atoms with Crippen LogP contribution in [0.5, 0.6) is 0 Å². The minimum atomic E-state index is -1.49. The number of unbranched alkanes of at least 4 members (excludes halogenated alkanes) is 3. The number of nitrogens with zero attached hydrogens (tertiary/aromatic N) is 8. The summed E-state index contributed by atoms with van der Waals surface area (Å²) in [6, 6.07) is -4.25. The largest absolute Gasteiger partial charge is 0.397 e. The Bertz CT molecular complexity index is 3150. The number of carbonyl (C=O) groups excluding carboxylic acids is 9. The lowest BCUT2D eigenvalue weighted by Crippen LogP contribution is -2.60. The van der Waals surface area contributed by atoms with Gasteiger partial charge in [-0.1, -0.05) is 6.42 Å². The number of ketones is 1. The molecule has 38 N–H and O–H groups in total. The molecule has 2 aromatic rings. The Morgan fingerprint density at radius 3 is 1.08 bits per heavy atom. The SMILES string of the molecule is NCCCCC(NC(=O)C(CCCN=C(N)N)NC(=O)C(CCCN=C(N)N)NC(=O)C(CCCN=C(N)N)NC(=O)C(CCCN=C(N)N)NC(=O)C(CCCN=C(N)N)NC(=O)C(CCCN=C(N)N)NC(=O)CCCCCNCC(=O)Cn1ccc2c(N=S)c(N)ccc21)C(N)=O. The van der Waals surface area contributed by atoms with E-state index in [-0.39, 0.29) is 184 Å². The highest BCUT2D eigenvalue weighted by Crippen LogP contribution is 2.32. The van der Waals surface area contributed by atoms with Gasteiger partial charge in [0.15, 0.2) is 41.5 Å². The van der Waals surface area contributed by atoms with Crippen molar-refractivity contribution >= 4 is 124 Å². The molecule has 0 saturated carbocycles. The van der Waals surface area contributed by atoms with E-state index in [0.29, 0.717) is 56.6 Å². The summed E-state index contributed by atoms with van der Waals surface area (Å²) in [5, 5.41) is 22.7. The van der Waals surface area contributed by atoms with Crippen molar-refractivity contribution in [3.63, 3.8) is 0 Å². The van der Waals surface area contributed by atoms with Crippen molar-refractivity contribution in [3.05, 3.63) is 24.4 Å². The number of aromatic nitrogens is 1. The molecule has 1 heterocycles. The lowest BCUT2D eigenvalue weighted by Gasteiger charge is -2.28. The maximum Gasteiger partial charge on any atom is 0.243 e. The number of hydrogen-bond donors (Lipinski definition) is 23. The maximum atomic E-state index is 14.7. The van der Waals surface area contributed by atoms with Crippen molar-refractivity contribution in [2.24, 2.45) is 115 Å². The molecule has 0 aliphatic heterocycles. The molecule has 0 aliphatic carbocycles. The average molecular weight is 1430 g/mol. The first kappa shape index (κ1) is 85.6. The van der Waals surface area contributed by atoms with E-state index in [0.717, 1.165) is 10.9 Å². The van der Waals surface area contributed by atoms with Crippen LogP contribution in [0.25, 0.3) is 10.9 Å². The van der Waals surface area contributed by atoms with Gasteiger partial charge in [-0.05, 0) is 140 Å². The number of nitrogens with one attached hydrogen (secondary N) is 8. The lowest BCUT2D eigenvalue weighted by molar-refractivity contribution is -0.136. The third kappa shape index (κ3) is 36.2. The molecule has 0 saturated heterocycles. The molecule has 0 fully saturated rings. The van der Waals surface area contributed by atoms with E-state index in [1.807, 2.05) is 0 Å². The first-order valence-corrected chi connectivity index (χ1v) is 33.3. The molecule has 0 spiro atoms. The molecule has 0 aliphatic rings. The highest BCUT2D eigenvalue weighted by Gasteiger charge is 2.34. The summed E-state index contributed by atoms with van der Waals surface area (Å²) in [5.74, 6) is -8.02. The Morgan fingerprint density at radius 2 is 0.750 bits per heavy atom. The second kappa shape index (κ2) is 48.3. The Balaban J connectivity index is 2.48. The zero-order chi connectivity index (χ0) is 74.5. The van der Waals surface area contributed by atoms with Gasteiger partial charge in [0.2, 0.25) is 47.3 Å². The van der Waals surface area contributed by atoms with Crippen LogP contribution in [-0.4, -0.2) is 195 Å². The van der Waals surface area contributed by atoms with E-state index in [1.165, 1.54) is 0 Å². The number of nitrogens with two attached hydrogens (primary N) is 15. The summed E-state index contributed by atoms with van der Waals surface area (Å²) in [5.41, 5.74) is 85.9. The first-order chi connectivity index (χ1) is 47.6. The summed E-state index contributed by atoms with van der Waals surface area (Å²) in [6.07, 6.45) is 4.60. The Labute approximate surface area is 586 Å². The minimum absolute atomic E-state index is 0.00700. The fourth-order valence-corrected chi connectivity index (χ4v) is 10.2. The van der Waals surface area contributed by atoms with Crippen LogP contribution in [0.15, 0.2) is 58.7 Å². The highest BCUT2D eigenvalue weighted by molar-refractivity contribution is 7.47. The smallest absolute Gasteiger partial charge is 0.243 e. The quantitative estimate of drug-likeness (QED) is 0.0127. The van der Waals surface area contributed by atoms with Gasteiger partial charge in [-0.3, -0.25) is 73.1 Å². The van der Waals surface area contributed by atoms with Crippen molar-refractivity contribution in [3.8, 4) is 0 Å². The molecular formula is C59H107N31O9S. The predicted octanol–water partition coefficient (Wildman–Crippen LogP) is -7.37. The third-order valence-corrected chi connectivity index (χ3v) is 15.3. The molecule has 40 nitrogen and oxygen atoms in total. The number of carbonyl (C=O) groups is 9. The normalized spacial score (nSPS) is 12.9. The van der Waals surface area contributed by atoms with Crippen LogP contribution in [0.1, 0.15) is 122 Å². The molecule has 41 heteroatoms. The van der Waals surface area contributed by atoms with Gasteiger partial charge < -0.3 is 133 Å². The summed E-state index contributed by atoms with van der Waals surface area (Å²) in [4.78, 5) is 150. The molecular weight excluding hydrogens is 1320 g/mol. The van der Waals surface area contributed by atoms with Crippen molar-refractivity contribution in [1.29, 1.82) is 0 Å². The second-order valence-corrected chi connectivity index (χ2v) is 23.5. The van der Waals surface area contributed by atoms with E-state index >= 15 is 0 Å². The van der Waals surface area contributed by atoms with Crippen LogP contribution >= 0.6 is 0 Å². The van der Waals surface area contributed by atoms with Gasteiger partial charge in [-0.15, -0.1) is 0 Å². The first-order valence-electron chi connectivity index (χ1n) is 32.9. The summed E-state index contributed by atoms with van der Waals surface area (Å²) < 4.78 is 5.64. The van der Waals surface area contributed by atoms with Crippen LogP contribution < -0.4 is 129 Å². The molecule has 8 amide bonds. The van der Waals surface area contributed by atoms with Crippen molar-refractivity contribution in [2.75, 3.05) is 64.6 Å². The molecule has 100 heavy (non-hydrogen) atoms. The van der Waals surface area contributed by atoms with E-state index < -0.39 is 89.6 Å². The molecule has 0 bridgehead atoms. The fraction of sp³-hybridized carbons (Fsp3) is 0.610. The van der Waals surface area contributed by atoms with Crippen LogP contribution in [0, 0.1) is 0 Å². The van der Waals surface area contributed by atoms with Gasteiger partial charge in [-0.2, -0.15) is 4.36 Å². The molecule has 2 rings (SSSR count). The number of primary amides is 1. The number of guanidine groups is 6. The van der Waals surface area contributed by atoms with Gasteiger partial charge in [-0.25, -0.2) is 0 Å².